The fourth-order valence-electron chi connectivity index (χ4n) is 1.30. The summed E-state index contributed by atoms with van der Waals surface area (Å²) in [6, 6.07) is 0. The van der Waals surface area contributed by atoms with Crippen LogP contribution in [0.4, 0.5) is 0 Å². The lowest BCUT2D eigenvalue weighted by Crippen LogP contribution is -2.47. The topological polar surface area (TPSA) is 47.3 Å². The highest BCUT2D eigenvalue weighted by Crippen LogP contribution is 2.06. The summed E-state index contributed by atoms with van der Waals surface area (Å²) in [6.07, 6.45) is 2.45. The predicted molar refractivity (Wildman–Crippen MR) is 56.8 cm³/mol. The van der Waals surface area contributed by atoms with Gasteiger partial charge in [-0.3, -0.25) is 0 Å². The van der Waals surface area contributed by atoms with Gasteiger partial charge in [0, 0.05) is 25.7 Å². The van der Waals surface area contributed by atoms with Crippen molar-refractivity contribution in [2.24, 2.45) is 5.73 Å². The van der Waals surface area contributed by atoms with Crippen LogP contribution in [0.25, 0.3) is 0 Å². The minimum atomic E-state index is -0.0811. The highest BCUT2D eigenvalue weighted by atomic mass is 16.5. The Kier molecular flexibility index (Phi) is 6.29. The molecule has 0 radical (unpaired) electrons. The molecule has 0 aliphatic rings. The summed E-state index contributed by atoms with van der Waals surface area (Å²) < 4.78 is 5.12. The summed E-state index contributed by atoms with van der Waals surface area (Å²) in [7, 11) is 1.72. The zero-order valence-corrected chi connectivity index (χ0v) is 9.39. The number of hydrogen-bond donors (Lipinski definition) is 2. The first kappa shape index (κ1) is 12.9. The van der Waals surface area contributed by atoms with Crippen LogP contribution in [-0.2, 0) is 4.74 Å². The van der Waals surface area contributed by atoms with Gasteiger partial charge in [-0.25, -0.2) is 0 Å². The van der Waals surface area contributed by atoms with Gasteiger partial charge in [-0.1, -0.05) is 13.3 Å². The summed E-state index contributed by atoms with van der Waals surface area (Å²) in [6.45, 7) is 8.01. The van der Waals surface area contributed by atoms with Gasteiger partial charge in [0.25, 0.3) is 0 Å². The Morgan fingerprint density at radius 2 is 2.15 bits per heavy atom. The maximum Gasteiger partial charge on any atom is 0.0667 e. The quantitative estimate of drug-likeness (QED) is 0.629. The van der Waals surface area contributed by atoms with Crippen LogP contribution in [0.2, 0.25) is 0 Å². The van der Waals surface area contributed by atoms with Crippen molar-refractivity contribution >= 4 is 0 Å². The van der Waals surface area contributed by atoms with E-state index in [9.17, 15) is 0 Å². The molecule has 0 amide bonds. The third kappa shape index (κ3) is 6.99. The molecule has 0 bridgehead atoms. The molecule has 0 aromatic rings. The van der Waals surface area contributed by atoms with E-state index < -0.39 is 0 Å². The van der Waals surface area contributed by atoms with Gasteiger partial charge in [0.1, 0.15) is 0 Å². The molecule has 0 aromatic carbocycles. The molecule has 0 aromatic heterocycles. The van der Waals surface area contributed by atoms with Gasteiger partial charge in [-0.15, -0.1) is 0 Å². The Bertz CT molecular complexity index is 126. The summed E-state index contributed by atoms with van der Waals surface area (Å²) >= 11 is 0. The molecule has 0 fully saturated rings. The van der Waals surface area contributed by atoms with Gasteiger partial charge < -0.3 is 15.8 Å². The van der Waals surface area contributed by atoms with E-state index in [0.29, 0.717) is 0 Å². The lowest BCUT2D eigenvalue weighted by Gasteiger charge is -2.25. The molecule has 3 N–H and O–H groups in total. The largest absolute Gasteiger partial charge is 0.380 e. The molecule has 3 heteroatoms. The molecular weight excluding hydrogens is 164 g/mol. The summed E-state index contributed by atoms with van der Waals surface area (Å²) in [4.78, 5) is 0. The van der Waals surface area contributed by atoms with Crippen molar-refractivity contribution in [2.75, 3.05) is 20.2 Å². The second-order valence-corrected chi connectivity index (χ2v) is 4.08. The van der Waals surface area contributed by atoms with Gasteiger partial charge >= 0.3 is 0 Å². The zero-order chi connectivity index (χ0) is 10.3. The number of methoxy groups -OCH3 is 1. The third-order valence-electron chi connectivity index (χ3n) is 2.18. The van der Waals surface area contributed by atoms with Crippen molar-refractivity contribution in [3.8, 4) is 0 Å². The second-order valence-electron chi connectivity index (χ2n) is 4.08. The maximum atomic E-state index is 6.05. The molecule has 0 saturated heterocycles. The molecule has 2 atom stereocenters. The molecule has 0 saturated carbocycles. The van der Waals surface area contributed by atoms with Crippen molar-refractivity contribution in [2.45, 2.75) is 45.3 Å². The Hall–Kier alpha value is -0.120. The normalized spacial score (nSPS) is 18.2. The summed E-state index contributed by atoms with van der Waals surface area (Å²) in [5.41, 5.74) is 5.97. The molecule has 0 rings (SSSR count). The highest BCUT2D eigenvalue weighted by molar-refractivity contribution is 4.80. The third-order valence-corrected chi connectivity index (χ3v) is 2.18. The van der Waals surface area contributed by atoms with Crippen LogP contribution in [0, 0.1) is 0 Å². The van der Waals surface area contributed by atoms with Gasteiger partial charge in [-0.05, 0) is 20.3 Å². The standard InChI is InChI=1S/C10H24N2O/c1-5-6-10(3,11)8-12-7-9(2)13-4/h9,12H,5-8,11H2,1-4H3. The van der Waals surface area contributed by atoms with E-state index in [1.165, 1.54) is 0 Å². The van der Waals surface area contributed by atoms with Crippen LogP contribution in [0.1, 0.15) is 33.6 Å². The van der Waals surface area contributed by atoms with Crippen molar-refractivity contribution in [1.29, 1.82) is 0 Å². The van der Waals surface area contributed by atoms with E-state index in [2.05, 4.69) is 19.2 Å². The minimum absolute atomic E-state index is 0.0811. The molecule has 0 spiro atoms. The van der Waals surface area contributed by atoms with Crippen molar-refractivity contribution in [3.05, 3.63) is 0 Å². The fourth-order valence-corrected chi connectivity index (χ4v) is 1.30. The number of hydrogen-bond acceptors (Lipinski definition) is 3. The molecule has 2 unspecified atom stereocenters. The first-order chi connectivity index (χ1) is 6.02. The SMILES string of the molecule is CCCC(C)(N)CNCC(C)OC. The van der Waals surface area contributed by atoms with Crippen LogP contribution in [0.5, 0.6) is 0 Å². The van der Waals surface area contributed by atoms with E-state index in [4.69, 9.17) is 10.5 Å². The van der Waals surface area contributed by atoms with Gasteiger partial charge in [0.15, 0.2) is 0 Å². The molecule has 0 aliphatic carbocycles. The van der Waals surface area contributed by atoms with Crippen LogP contribution in [0.3, 0.4) is 0 Å². The second kappa shape index (κ2) is 6.35. The van der Waals surface area contributed by atoms with Gasteiger partial charge in [0.05, 0.1) is 6.10 Å². The average Bonchev–Trinajstić information content (AvgIpc) is 2.03. The lowest BCUT2D eigenvalue weighted by molar-refractivity contribution is 0.115. The molecule has 0 aliphatic heterocycles. The van der Waals surface area contributed by atoms with Crippen LogP contribution in [0.15, 0.2) is 0 Å². The zero-order valence-electron chi connectivity index (χ0n) is 9.39. The monoisotopic (exact) mass is 188 g/mol. The number of rotatable bonds is 7. The smallest absolute Gasteiger partial charge is 0.0667 e. The van der Waals surface area contributed by atoms with E-state index in [0.717, 1.165) is 25.9 Å². The van der Waals surface area contributed by atoms with Gasteiger partial charge in [-0.2, -0.15) is 0 Å². The number of nitrogens with one attached hydrogen (secondary N) is 1. The Morgan fingerprint density at radius 1 is 1.54 bits per heavy atom. The molecular formula is C10H24N2O. The highest BCUT2D eigenvalue weighted by Gasteiger charge is 2.16. The number of nitrogens with two attached hydrogens (primary N) is 1. The van der Waals surface area contributed by atoms with E-state index in [-0.39, 0.29) is 11.6 Å². The van der Waals surface area contributed by atoms with Crippen LogP contribution < -0.4 is 11.1 Å². The predicted octanol–water partition coefficient (Wildman–Crippen LogP) is 1.13. The number of ether oxygens (including phenoxy) is 1. The average molecular weight is 188 g/mol. The van der Waals surface area contributed by atoms with Crippen LogP contribution in [-0.4, -0.2) is 31.8 Å². The Labute approximate surface area is 82.0 Å². The molecule has 0 heterocycles. The first-order valence-electron chi connectivity index (χ1n) is 5.04. The van der Waals surface area contributed by atoms with E-state index in [1.807, 2.05) is 6.92 Å². The molecule has 80 valence electrons. The minimum Gasteiger partial charge on any atom is -0.380 e. The van der Waals surface area contributed by atoms with Gasteiger partial charge in [0.2, 0.25) is 0 Å². The van der Waals surface area contributed by atoms with E-state index >= 15 is 0 Å². The maximum absolute atomic E-state index is 6.05. The Morgan fingerprint density at radius 3 is 2.62 bits per heavy atom. The molecule has 13 heavy (non-hydrogen) atoms. The molecule has 3 nitrogen and oxygen atoms in total. The first-order valence-corrected chi connectivity index (χ1v) is 5.04. The Balaban J connectivity index is 3.50. The van der Waals surface area contributed by atoms with Crippen molar-refractivity contribution in [3.63, 3.8) is 0 Å². The van der Waals surface area contributed by atoms with E-state index in [1.54, 1.807) is 7.11 Å². The van der Waals surface area contributed by atoms with Crippen molar-refractivity contribution in [1.82, 2.24) is 5.32 Å². The summed E-state index contributed by atoms with van der Waals surface area (Å²) in [5, 5.41) is 3.31. The summed E-state index contributed by atoms with van der Waals surface area (Å²) in [5.74, 6) is 0. The fraction of sp³-hybridized carbons (Fsp3) is 1.00. The van der Waals surface area contributed by atoms with Crippen LogP contribution >= 0.6 is 0 Å². The van der Waals surface area contributed by atoms with Crippen molar-refractivity contribution < 1.29 is 4.74 Å². The lowest BCUT2D eigenvalue weighted by atomic mass is 9.98.